The fourth-order valence-corrected chi connectivity index (χ4v) is 5.00. The minimum absolute atomic E-state index is 0.0422. The van der Waals surface area contributed by atoms with Crippen molar-refractivity contribution in [2.45, 2.75) is 29.4 Å². The van der Waals surface area contributed by atoms with Crippen molar-refractivity contribution in [3.05, 3.63) is 89.5 Å². The first kappa shape index (κ1) is 23.9. The summed E-state index contributed by atoms with van der Waals surface area (Å²) >= 11 is 0. The summed E-state index contributed by atoms with van der Waals surface area (Å²) in [5, 5.41) is 23.1. The van der Waals surface area contributed by atoms with E-state index < -0.39 is 33.4 Å². The molecule has 3 aromatic carbocycles. The molecule has 178 valence electrons. The van der Waals surface area contributed by atoms with Crippen molar-refractivity contribution in [1.82, 2.24) is 5.32 Å². The highest BCUT2D eigenvalue weighted by Gasteiger charge is 2.29. The molecule has 0 fully saturated rings. The third-order valence-electron chi connectivity index (χ3n) is 5.92. The topological polar surface area (TPSA) is 113 Å². The van der Waals surface area contributed by atoms with E-state index in [4.69, 9.17) is 4.74 Å². The number of carbonyl (C=O) groups is 1. The summed E-state index contributed by atoms with van der Waals surface area (Å²) in [4.78, 5) is 11.5. The molecule has 0 aromatic heterocycles. The van der Waals surface area contributed by atoms with Crippen molar-refractivity contribution >= 4 is 16.3 Å². The lowest BCUT2D eigenvalue weighted by Gasteiger charge is -2.20. The molecule has 9 heteroatoms. The van der Waals surface area contributed by atoms with E-state index in [2.05, 4.69) is 5.32 Å². The van der Waals surface area contributed by atoms with Gasteiger partial charge in [-0.1, -0.05) is 66.7 Å². The molecule has 0 saturated carbocycles. The van der Waals surface area contributed by atoms with Gasteiger partial charge in [-0.05, 0) is 34.7 Å². The molecule has 2 atom stereocenters. The van der Waals surface area contributed by atoms with E-state index in [1.165, 1.54) is 18.2 Å². The van der Waals surface area contributed by atoms with Crippen LogP contribution in [0, 0.1) is 0 Å². The Morgan fingerprint density at radius 2 is 1.50 bits per heavy atom. The maximum atomic E-state index is 13.5. The van der Waals surface area contributed by atoms with Crippen LogP contribution in [0.3, 0.4) is 0 Å². The van der Waals surface area contributed by atoms with Crippen LogP contribution in [0.2, 0.25) is 0 Å². The highest BCUT2D eigenvalue weighted by molar-refractivity contribution is 7.86. The first-order valence-corrected chi connectivity index (χ1v) is 12.1. The van der Waals surface area contributed by atoms with Crippen LogP contribution < -0.4 is 5.32 Å². The van der Waals surface area contributed by atoms with Crippen LogP contribution in [0.5, 0.6) is 0 Å². The third kappa shape index (κ3) is 4.96. The fraction of sp³-hybridized carbons (Fsp3) is 0.240. The molecule has 0 heterocycles. The number of aliphatic hydroxyl groups is 2. The second-order valence-corrected chi connectivity index (χ2v) is 9.34. The van der Waals surface area contributed by atoms with Gasteiger partial charge in [0.1, 0.15) is 17.6 Å². The zero-order chi connectivity index (χ0) is 24.3. The van der Waals surface area contributed by atoms with Gasteiger partial charge in [0.2, 0.25) is 0 Å². The quantitative estimate of drug-likeness (QED) is 0.420. The number of carbonyl (C=O) groups excluding carboxylic acids is 1. The van der Waals surface area contributed by atoms with Crippen LogP contribution >= 0.6 is 0 Å². The molecular weight excluding hydrogens is 461 g/mol. The van der Waals surface area contributed by atoms with Crippen LogP contribution in [-0.2, 0) is 15.0 Å². The van der Waals surface area contributed by atoms with Crippen molar-refractivity contribution in [2.24, 2.45) is 0 Å². The van der Waals surface area contributed by atoms with E-state index in [-0.39, 0.29) is 31.1 Å². The van der Waals surface area contributed by atoms with Gasteiger partial charge < -0.3 is 20.3 Å². The lowest BCUT2D eigenvalue weighted by molar-refractivity contribution is 0.0120. The van der Waals surface area contributed by atoms with Gasteiger partial charge in [0.05, 0.1) is 6.10 Å². The Balaban J connectivity index is 1.31. The molecule has 1 aliphatic rings. The summed E-state index contributed by atoms with van der Waals surface area (Å²) in [7, 11) is -5.06. The van der Waals surface area contributed by atoms with Crippen LogP contribution in [0.1, 0.15) is 35.1 Å². The molecule has 0 saturated heterocycles. The van der Waals surface area contributed by atoms with Crippen molar-refractivity contribution in [3.8, 4) is 11.1 Å². The summed E-state index contributed by atoms with van der Waals surface area (Å²) < 4.78 is 41.4. The van der Waals surface area contributed by atoms with Crippen LogP contribution in [0.25, 0.3) is 11.1 Å². The van der Waals surface area contributed by atoms with Crippen molar-refractivity contribution in [2.75, 3.05) is 13.2 Å². The zero-order valence-electron chi connectivity index (χ0n) is 18.1. The van der Waals surface area contributed by atoms with Crippen LogP contribution in [0.4, 0.5) is 8.68 Å². The highest BCUT2D eigenvalue weighted by Crippen LogP contribution is 2.44. The maximum Gasteiger partial charge on any atom is 0.407 e. The minimum Gasteiger partial charge on any atom is -0.449 e. The molecule has 0 radical (unpaired) electrons. The number of alkyl carbamates (subject to hydrolysis) is 1. The Morgan fingerprint density at radius 3 is 2.12 bits per heavy atom. The standard InChI is InChI=1S/C25H24FNO6S/c26-34(31,32)23-12-6-5-11-20(23)24(29)22(28)13-14-27-25(30)33-15-21-18-9-3-1-7-16(18)17-8-2-4-10-19(17)21/h1-12,21-22,24,28-29H,13-15H2,(H,27,30). The van der Waals surface area contributed by atoms with Gasteiger partial charge in [0, 0.05) is 18.0 Å². The Kier molecular flexibility index (Phi) is 6.97. The number of benzene rings is 3. The predicted molar refractivity (Wildman–Crippen MR) is 123 cm³/mol. The second kappa shape index (κ2) is 9.92. The van der Waals surface area contributed by atoms with E-state index in [0.29, 0.717) is 0 Å². The number of fused-ring (bicyclic) bond motifs is 3. The second-order valence-electron chi connectivity index (χ2n) is 8.03. The summed E-state index contributed by atoms with van der Waals surface area (Å²) in [5.74, 6) is -0.0929. The zero-order valence-corrected chi connectivity index (χ0v) is 18.9. The van der Waals surface area contributed by atoms with Crippen LogP contribution in [-0.4, -0.2) is 44.0 Å². The number of aliphatic hydroxyl groups excluding tert-OH is 2. The smallest absolute Gasteiger partial charge is 0.407 e. The number of hydrogen-bond donors (Lipinski definition) is 3. The summed E-state index contributed by atoms with van der Waals surface area (Å²) in [6, 6.07) is 20.9. The van der Waals surface area contributed by atoms with Gasteiger partial charge in [0.15, 0.2) is 0 Å². The molecular formula is C25H24FNO6S. The molecule has 34 heavy (non-hydrogen) atoms. The van der Waals surface area contributed by atoms with Gasteiger partial charge in [-0.15, -0.1) is 3.89 Å². The summed E-state index contributed by atoms with van der Waals surface area (Å²) in [6.07, 6.45) is -3.87. The number of rotatable bonds is 8. The fourth-order valence-electron chi connectivity index (χ4n) is 4.28. The van der Waals surface area contributed by atoms with Crippen molar-refractivity contribution in [3.63, 3.8) is 0 Å². The average molecular weight is 486 g/mol. The van der Waals surface area contributed by atoms with Gasteiger partial charge in [-0.3, -0.25) is 0 Å². The van der Waals surface area contributed by atoms with E-state index in [1.807, 2.05) is 48.5 Å². The van der Waals surface area contributed by atoms with Gasteiger partial charge >= 0.3 is 16.3 Å². The number of nitrogens with one attached hydrogen (secondary N) is 1. The molecule has 1 amide bonds. The SMILES string of the molecule is O=C(NCCC(O)C(O)c1ccccc1S(=O)(=O)F)OCC1c2ccccc2-c2ccccc21. The average Bonchev–Trinajstić information content (AvgIpc) is 3.15. The van der Waals surface area contributed by atoms with E-state index >= 15 is 0 Å². The Hall–Kier alpha value is -3.27. The summed E-state index contributed by atoms with van der Waals surface area (Å²) in [6.45, 7) is 0.0895. The number of halogens is 1. The van der Waals surface area contributed by atoms with E-state index in [1.54, 1.807) is 0 Å². The highest BCUT2D eigenvalue weighted by atomic mass is 32.3. The molecule has 1 aliphatic carbocycles. The molecule has 2 unspecified atom stereocenters. The van der Waals surface area contributed by atoms with Crippen molar-refractivity contribution < 1.29 is 32.0 Å². The lowest BCUT2D eigenvalue weighted by Crippen LogP contribution is -2.31. The molecule has 7 nitrogen and oxygen atoms in total. The van der Waals surface area contributed by atoms with Gasteiger partial charge in [-0.25, -0.2) is 4.79 Å². The van der Waals surface area contributed by atoms with E-state index in [0.717, 1.165) is 28.3 Å². The van der Waals surface area contributed by atoms with Crippen molar-refractivity contribution in [1.29, 1.82) is 0 Å². The normalized spacial score (nSPS) is 14.7. The Morgan fingerprint density at radius 1 is 0.941 bits per heavy atom. The number of hydrogen-bond acceptors (Lipinski definition) is 6. The monoisotopic (exact) mass is 485 g/mol. The molecule has 0 aliphatic heterocycles. The van der Waals surface area contributed by atoms with E-state index in [9.17, 15) is 27.3 Å². The number of amides is 1. The summed E-state index contributed by atoms with van der Waals surface area (Å²) in [5.41, 5.74) is 4.13. The Bertz CT molecular complexity index is 1250. The van der Waals surface area contributed by atoms with Gasteiger partial charge in [-0.2, -0.15) is 8.42 Å². The largest absolute Gasteiger partial charge is 0.449 e. The molecule has 3 N–H and O–H groups in total. The van der Waals surface area contributed by atoms with Crippen LogP contribution in [0.15, 0.2) is 77.7 Å². The Labute approximate surface area is 197 Å². The van der Waals surface area contributed by atoms with Gasteiger partial charge in [0.25, 0.3) is 0 Å². The lowest BCUT2D eigenvalue weighted by atomic mass is 9.98. The molecule has 0 spiro atoms. The first-order valence-electron chi connectivity index (χ1n) is 10.8. The molecule has 4 rings (SSSR count). The molecule has 0 bridgehead atoms. The predicted octanol–water partition coefficient (Wildman–Crippen LogP) is 3.67. The first-order chi connectivity index (χ1) is 16.3. The molecule has 3 aromatic rings. The third-order valence-corrected chi connectivity index (χ3v) is 6.82. The number of ether oxygens (including phenoxy) is 1. The minimum atomic E-state index is -5.06. The maximum absolute atomic E-state index is 13.5.